The summed E-state index contributed by atoms with van der Waals surface area (Å²) in [6.45, 7) is 1.13. The molecule has 0 aliphatic carbocycles. The van der Waals surface area contributed by atoms with E-state index in [1.54, 1.807) is 16.2 Å². The summed E-state index contributed by atoms with van der Waals surface area (Å²) in [5.41, 5.74) is 2.66. The molecule has 1 atom stereocenters. The van der Waals surface area contributed by atoms with E-state index in [0.717, 1.165) is 27.3 Å². The minimum absolute atomic E-state index is 0.0208. The number of carbonyl (C=O) groups is 2. The molecule has 3 heterocycles. The van der Waals surface area contributed by atoms with E-state index in [0.29, 0.717) is 18.8 Å². The van der Waals surface area contributed by atoms with Gasteiger partial charge in [0.1, 0.15) is 0 Å². The fourth-order valence-corrected chi connectivity index (χ4v) is 4.71. The van der Waals surface area contributed by atoms with Gasteiger partial charge in [-0.15, -0.1) is 11.3 Å². The van der Waals surface area contributed by atoms with E-state index in [1.807, 2.05) is 60.0 Å². The van der Waals surface area contributed by atoms with Crippen LogP contribution in [-0.2, 0) is 17.9 Å². The highest BCUT2D eigenvalue weighted by Gasteiger charge is 2.34. The van der Waals surface area contributed by atoms with Gasteiger partial charge in [0.25, 0.3) is 5.91 Å². The van der Waals surface area contributed by atoms with Crippen LogP contribution in [-0.4, -0.2) is 23.5 Å². The average molecular weight is 420 g/mol. The molecule has 0 spiro atoms. The van der Waals surface area contributed by atoms with E-state index in [-0.39, 0.29) is 31.1 Å². The number of hydrogen-bond donors (Lipinski definition) is 1. The molecule has 0 saturated carbocycles. The topological polar surface area (TPSA) is 67.9 Å². The molecule has 2 amide bonds. The molecule has 0 unspecified atom stereocenters. The number of rotatable bonds is 6. The lowest BCUT2D eigenvalue weighted by molar-refractivity contribution is -0.122. The quantitative estimate of drug-likeness (QED) is 0.657. The Hall–Kier alpha value is -3.32. The number of ether oxygens (including phenoxy) is 2. The maximum absolute atomic E-state index is 13.0. The van der Waals surface area contributed by atoms with Crippen LogP contribution >= 0.6 is 11.3 Å². The minimum atomic E-state index is -0.290. The van der Waals surface area contributed by atoms with E-state index in [1.165, 1.54) is 0 Å². The zero-order valence-electron chi connectivity index (χ0n) is 16.2. The number of benzene rings is 2. The van der Waals surface area contributed by atoms with Crippen molar-refractivity contribution in [2.75, 3.05) is 6.79 Å². The highest BCUT2D eigenvalue weighted by Crippen LogP contribution is 2.35. The summed E-state index contributed by atoms with van der Waals surface area (Å²) in [6, 6.07) is 16.9. The number of fused-ring (bicyclic) bond motifs is 2. The zero-order chi connectivity index (χ0) is 20.5. The van der Waals surface area contributed by atoms with Crippen molar-refractivity contribution >= 4 is 23.2 Å². The second-order valence-corrected chi connectivity index (χ2v) is 8.27. The van der Waals surface area contributed by atoms with Crippen molar-refractivity contribution in [3.05, 3.63) is 81.5 Å². The molecular formula is C23H20N2O4S. The number of thiophene rings is 1. The molecule has 5 rings (SSSR count). The van der Waals surface area contributed by atoms with Crippen LogP contribution in [0.2, 0.25) is 0 Å². The summed E-state index contributed by atoms with van der Waals surface area (Å²) in [6.07, 6.45) is 0.213. The van der Waals surface area contributed by atoms with Gasteiger partial charge >= 0.3 is 0 Å². The van der Waals surface area contributed by atoms with Gasteiger partial charge in [0, 0.05) is 23.5 Å². The molecule has 30 heavy (non-hydrogen) atoms. The number of carbonyl (C=O) groups excluding carboxylic acids is 2. The third-order valence-corrected chi connectivity index (χ3v) is 6.38. The first-order chi connectivity index (χ1) is 14.7. The number of nitrogens with zero attached hydrogens (tertiary/aromatic N) is 1. The van der Waals surface area contributed by atoms with E-state index in [2.05, 4.69) is 5.32 Å². The lowest BCUT2D eigenvalue weighted by atomic mass is 10.1. The van der Waals surface area contributed by atoms with E-state index < -0.39 is 0 Å². The van der Waals surface area contributed by atoms with Crippen molar-refractivity contribution in [1.82, 2.24) is 10.2 Å². The summed E-state index contributed by atoms with van der Waals surface area (Å²) in [5, 5.41) is 4.95. The normalized spacial score (nSPS) is 15.2. The predicted octanol–water partition coefficient (Wildman–Crippen LogP) is 3.88. The molecule has 0 saturated heterocycles. The van der Waals surface area contributed by atoms with Crippen LogP contribution < -0.4 is 14.8 Å². The van der Waals surface area contributed by atoms with Crippen LogP contribution in [0.3, 0.4) is 0 Å². The first-order valence-electron chi connectivity index (χ1n) is 9.76. The highest BCUT2D eigenvalue weighted by molar-refractivity contribution is 7.10. The van der Waals surface area contributed by atoms with Crippen molar-refractivity contribution in [3.8, 4) is 11.5 Å². The zero-order valence-corrected chi connectivity index (χ0v) is 17.0. The van der Waals surface area contributed by atoms with Crippen LogP contribution in [0.15, 0.2) is 60.0 Å². The first-order valence-corrected chi connectivity index (χ1v) is 10.6. The standard InChI is InChI=1S/C23H20N2O4S/c26-22(24-12-15-7-8-19-20(10-15)29-14-28-19)11-18(21-6-3-9-30-21)25-13-16-4-1-2-5-17(16)23(25)27/h1-10,18H,11-14H2,(H,24,26)/t18-/m1/s1. The molecular weight excluding hydrogens is 400 g/mol. The Labute approximate surface area is 178 Å². The summed E-state index contributed by atoms with van der Waals surface area (Å²) >= 11 is 1.56. The molecule has 0 radical (unpaired) electrons. The smallest absolute Gasteiger partial charge is 0.255 e. The summed E-state index contributed by atoms with van der Waals surface area (Å²) in [5.74, 6) is 1.29. The molecule has 0 fully saturated rings. The Bertz CT molecular complexity index is 1100. The fraction of sp³-hybridized carbons (Fsp3) is 0.217. The van der Waals surface area contributed by atoms with Crippen molar-refractivity contribution in [3.63, 3.8) is 0 Å². The second-order valence-electron chi connectivity index (χ2n) is 7.29. The predicted molar refractivity (Wildman–Crippen MR) is 112 cm³/mol. The van der Waals surface area contributed by atoms with E-state index >= 15 is 0 Å². The van der Waals surface area contributed by atoms with Crippen LogP contribution in [0, 0.1) is 0 Å². The van der Waals surface area contributed by atoms with Crippen LogP contribution in [0.1, 0.15) is 38.8 Å². The molecule has 2 aliphatic heterocycles. The van der Waals surface area contributed by atoms with Gasteiger partial charge in [0.15, 0.2) is 11.5 Å². The minimum Gasteiger partial charge on any atom is -0.454 e. The number of nitrogens with one attached hydrogen (secondary N) is 1. The van der Waals surface area contributed by atoms with Gasteiger partial charge in [-0.2, -0.15) is 0 Å². The van der Waals surface area contributed by atoms with Crippen molar-refractivity contribution in [2.24, 2.45) is 0 Å². The highest BCUT2D eigenvalue weighted by atomic mass is 32.1. The SMILES string of the molecule is O=C(C[C@H](c1cccs1)N1Cc2ccccc2C1=O)NCc1ccc2c(c1)OCO2. The molecule has 2 aromatic carbocycles. The van der Waals surface area contributed by atoms with Gasteiger partial charge in [0.2, 0.25) is 12.7 Å². The molecule has 2 aliphatic rings. The molecule has 1 N–H and O–H groups in total. The van der Waals surface area contributed by atoms with E-state index in [9.17, 15) is 9.59 Å². The molecule has 7 heteroatoms. The Morgan fingerprint density at radius 3 is 2.80 bits per heavy atom. The van der Waals surface area contributed by atoms with Gasteiger partial charge in [-0.05, 0) is 40.8 Å². The Balaban J connectivity index is 1.29. The lowest BCUT2D eigenvalue weighted by Gasteiger charge is -2.26. The van der Waals surface area contributed by atoms with Gasteiger partial charge in [-0.25, -0.2) is 0 Å². The maximum atomic E-state index is 13.0. The lowest BCUT2D eigenvalue weighted by Crippen LogP contribution is -2.33. The average Bonchev–Trinajstić information content (AvgIpc) is 3.51. The number of hydrogen-bond acceptors (Lipinski definition) is 5. The summed E-state index contributed by atoms with van der Waals surface area (Å²) in [7, 11) is 0. The summed E-state index contributed by atoms with van der Waals surface area (Å²) < 4.78 is 10.7. The molecule has 152 valence electrons. The van der Waals surface area contributed by atoms with Crippen LogP contribution in [0.5, 0.6) is 11.5 Å². The Morgan fingerprint density at radius 2 is 1.97 bits per heavy atom. The monoisotopic (exact) mass is 420 g/mol. The van der Waals surface area contributed by atoms with Crippen molar-refractivity contribution in [2.45, 2.75) is 25.6 Å². The van der Waals surface area contributed by atoms with Crippen molar-refractivity contribution in [1.29, 1.82) is 0 Å². The maximum Gasteiger partial charge on any atom is 0.255 e. The largest absolute Gasteiger partial charge is 0.454 e. The molecule has 0 bridgehead atoms. The first kappa shape index (κ1) is 18.7. The van der Waals surface area contributed by atoms with Gasteiger partial charge in [0.05, 0.1) is 12.5 Å². The Kier molecular flexibility index (Phi) is 4.88. The molecule has 1 aromatic heterocycles. The van der Waals surface area contributed by atoms with Crippen LogP contribution in [0.25, 0.3) is 0 Å². The molecule has 6 nitrogen and oxygen atoms in total. The Morgan fingerprint density at radius 1 is 1.10 bits per heavy atom. The van der Waals surface area contributed by atoms with Gasteiger partial charge in [-0.3, -0.25) is 9.59 Å². The third-order valence-electron chi connectivity index (χ3n) is 5.40. The summed E-state index contributed by atoms with van der Waals surface area (Å²) in [4.78, 5) is 28.6. The van der Waals surface area contributed by atoms with Gasteiger partial charge < -0.3 is 19.7 Å². The fourth-order valence-electron chi connectivity index (χ4n) is 3.87. The second kappa shape index (κ2) is 7.84. The number of amides is 2. The van der Waals surface area contributed by atoms with Crippen LogP contribution in [0.4, 0.5) is 0 Å². The van der Waals surface area contributed by atoms with Gasteiger partial charge in [-0.1, -0.05) is 30.3 Å². The van der Waals surface area contributed by atoms with E-state index in [4.69, 9.17) is 9.47 Å². The molecule has 3 aromatic rings. The van der Waals surface area contributed by atoms with Crippen molar-refractivity contribution < 1.29 is 19.1 Å². The third kappa shape index (κ3) is 3.52.